The van der Waals surface area contributed by atoms with Crippen molar-refractivity contribution >= 4 is 5.91 Å². The molecule has 7 heteroatoms. The molecule has 0 unspecified atom stereocenters. The van der Waals surface area contributed by atoms with Gasteiger partial charge in [-0.2, -0.15) is 0 Å². The van der Waals surface area contributed by atoms with Crippen LogP contribution < -0.4 is 9.47 Å². The molecule has 0 aliphatic carbocycles. The van der Waals surface area contributed by atoms with E-state index in [4.69, 9.17) is 9.47 Å². The molecule has 2 aromatic rings. The number of fused-ring (bicyclic) bond motifs is 1. The van der Waals surface area contributed by atoms with E-state index < -0.39 is 29.7 Å². The number of amides is 1. The van der Waals surface area contributed by atoms with E-state index in [1.165, 1.54) is 4.90 Å². The van der Waals surface area contributed by atoms with Gasteiger partial charge in [0.2, 0.25) is 6.79 Å². The Hall–Kier alpha value is -2.67. The monoisotopic (exact) mass is 347 g/mol. The van der Waals surface area contributed by atoms with Gasteiger partial charge in [-0.1, -0.05) is 6.07 Å². The molecule has 2 aromatic carbocycles. The molecule has 2 aliphatic rings. The fourth-order valence-electron chi connectivity index (χ4n) is 3.36. The van der Waals surface area contributed by atoms with E-state index in [0.29, 0.717) is 11.5 Å². The zero-order chi connectivity index (χ0) is 17.6. The number of ether oxygens (including phenoxy) is 2. The number of aliphatic hydroxyl groups excluding tert-OH is 1. The Bertz CT molecular complexity index is 842. The smallest absolute Gasteiger partial charge is 0.258 e. The summed E-state index contributed by atoms with van der Waals surface area (Å²) in [4.78, 5) is 14.3. The number of nitrogens with zero attached hydrogens (tertiary/aromatic N) is 1. The summed E-state index contributed by atoms with van der Waals surface area (Å²) in [5.41, 5.74) is 0.320. The molecule has 4 rings (SSSR count). The summed E-state index contributed by atoms with van der Waals surface area (Å²) in [5.74, 6) is -0.849. The first-order valence-electron chi connectivity index (χ1n) is 7.87. The van der Waals surface area contributed by atoms with Crippen molar-refractivity contribution in [2.45, 2.75) is 18.6 Å². The van der Waals surface area contributed by atoms with Crippen molar-refractivity contribution in [3.05, 3.63) is 59.2 Å². The Morgan fingerprint density at radius 1 is 1.20 bits per heavy atom. The van der Waals surface area contributed by atoms with Gasteiger partial charge in [0, 0.05) is 12.1 Å². The topological polar surface area (TPSA) is 59.0 Å². The van der Waals surface area contributed by atoms with Crippen molar-refractivity contribution in [1.29, 1.82) is 0 Å². The third kappa shape index (κ3) is 2.70. The molecule has 2 heterocycles. The van der Waals surface area contributed by atoms with Gasteiger partial charge < -0.3 is 19.5 Å². The van der Waals surface area contributed by atoms with Crippen LogP contribution in [0.5, 0.6) is 11.5 Å². The lowest BCUT2D eigenvalue weighted by Crippen LogP contribution is -2.32. The molecule has 5 nitrogen and oxygen atoms in total. The maximum Gasteiger partial charge on any atom is 0.258 e. The first-order chi connectivity index (χ1) is 12.0. The van der Waals surface area contributed by atoms with Gasteiger partial charge in [0.15, 0.2) is 11.5 Å². The molecule has 0 spiro atoms. The van der Waals surface area contributed by atoms with Crippen LogP contribution in [0.15, 0.2) is 36.4 Å². The molecular weight excluding hydrogens is 332 g/mol. The van der Waals surface area contributed by atoms with E-state index in [1.54, 1.807) is 18.2 Å². The molecule has 1 saturated heterocycles. The standard InChI is InChI=1S/C18H15F2NO4/c19-10-4-5-14(20)13(6-10)15-7-11(22)8-21(15)18(23)12-2-1-3-16-17(12)25-9-24-16/h1-6,11,15,22H,7-9H2/t11-,15-/m0/s1. The zero-order valence-electron chi connectivity index (χ0n) is 13.1. The highest BCUT2D eigenvalue weighted by Crippen LogP contribution is 2.40. The number of rotatable bonds is 2. The number of halogens is 2. The Balaban J connectivity index is 1.72. The molecule has 0 bridgehead atoms. The van der Waals surface area contributed by atoms with Crippen molar-refractivity contribution < 1.29 is 28.2 Å². The number of β-amino-alcohol motifs (C(OH)–C–C–N with tert-alkyl or cyclic N) is 1. The largest absolute Gasteiger partial charge is 0.454 e. The first kappa shape index (κ1) is 15.8. The Kier molecular flexibility index (Phi) is 3.80. The van der Waals surface area contributed by atoms with Crippen LogP contribution in [-0.4, -0.2) is 35.4 Å². The molecule has 0 aromatic heterocycles. The number of benzene rings is 2. The number of carbonyl (C=O) groups excluding carboxylic acids is 1. The average Bonchev–Trinajstić information content (AvgIpc) is 3.22. The second-order valence-corrected chi connectivity index (χ2v) is 6.07. The summed E-state index contributed by atoms with van der Waals surface area (Å²) < 4.78 is 38.4. The van der Waals surface area contributed by atoms with Gasteiger partial charge in [0.1, 0.15) is 11.6 Å². The fraction of sp³-hybridized carbons (Fsp3) is 0.278. The summed E-state index contributed by atoms with van der Waals surface area (Å²) in [6, 6.07) is 7.27. The van der Waals surface area contributed by atoms with Crippen molar-refractivity contribution in [3.63, 3.8) is 0 Å². The molecule has 2 atom stereocenters. The minimum atomic E-state index is -0.814. The first-order valence-corrected chi connectivity index (χ1v) is 7.87. The van der Waals surface area contributed by atoms with Crippen molar-refractivity contribution in [2.24, 2.45) is 0 Å². The summed E-state index contributed by atoms with van der Waals surface area (Å²) in [5, 5.41) is 10.0. The predicted octanol–water partition coefficient (Wildman–Crippen LogP) is 2.64. The Morgan fingerprint density at radius 2 is 2.04 bits per heavy atom. The van der Waals surface area contributed by atoms with Gasteiger partial charge in [0.25, 0.3) is 5.91 Å². The van der Waals surface area contributed by atoms with E-state index >= 15 is 0 Å². The molecule has 25 heavy (non-hydrogen) atoms. The lowest BCUT2D eigenvalue weighted by molar-refractivity contribution is 0.0709. The number of hydrogen-bond donors (Lipinski definition) is 1. The second kappa shape index (κ2) is 6.00. The van der Waals surface area contributed by atoms with Gasteiger partial charge in [-0.15, -0.1) is 0 Å². The molecule has 1 amide bonds. The molecule has 2 aliphatic heterocycles. The maximum atomic E-state index is 14.2. The van der Waals surface area contributed by atoms with Crippen molar-refractivity contribution in [1.82, 2.24) is 4.90 Å². The lowest BCUT2D eigenvalue weighted by Gasteiger charge is -2.25. The molecule has 130 valence electrons. The summed E-state index contributed by atoms with van der Waals surface area (Å²) in [6.45, 7) is 0.0498. The highest BCUT2D eigenvalue weighted by molar-refractivity contribution is 5.98. The van der Waals surface area contributed by atoms with E-state index in [-0.39, 0.29) is 30.9 Å². The third-order valence-electron chi connectivity index (χ3n) is 4.48. The van der Waals surface area contributed by atoms with Crippen LogP contribution >= 0.6 is 0 Å². The molecule has 1 N–H and O–H groups in total. The van der Waals surface area contributed by atoms with Gasteiger partial charge in [-0.05, 0) is 36.8 Å². The minimum absolute atomic E-state index is 0.0181. The van der Waals surface area contributed by atoms with E-state index in [1.807, 2.05) is 0 Å². The SMILES string of the molecule is O=C(c1cccc2c1OCO2)N1C[C@@H](O)C[C@H]1c1cc(F)ccc1F. The molecule has 0 radical (unpaired) electrons. The van der Waals surface area contributed by atoms with Crippen LogP contribution in [-0.2, 0) is 0 Å². The maximum absolute atomic E-state index is 14.2. The van der Waals surface area contributed by atoms with Crippen LogP contribution in [0, 0.1) is 11.6 Å². The number of para-hydroxylation sites is 1. The van der Waals surface area contributed by atoms with Gasteiger partial charge in [0.05, 0.1) is 17.7 Å². The quantitative estimate of drug-likeness (QED) is 0.907. The molecule has 0 saturated carbocycles. The summed E-state index contributed by atoms with van der Waals surface area (Å²) in [7, 11) is 0. The minimum Gasteiger partial charge on any atom is -0.454 e. The number of hydrogen-bond acceptors (Lipinski definition) is 4. The number of carbonyl (C=O) groups is 1. The summed E-state index contributed by atoms with van der Waals surface area (Å²) in [6.07, 6.45) is -0.677. The van der Waals surface area contributed by atoms with Gasteiger partial charge in [-0.25, -0.2) is 8.78 Å². The van der Waals surface area contributed by atoms with Crippen molar-refractivity contribution in [3.8, 4) is 11.5 Å². The normalized spacial score (nSPS) is 21.6. The number of likely N-dealkylation sites (tertiary alicyclic amines) is 1. The van der Waals surface area contributed by atoms with Crippen LogP contribution in [0.2, 0.25) is 0 Å². The van der Waals surface area contributed by atoms with Crippen molar-refractivity contribution in [2.75, 3.05) is 13.3 Å². The van der Waals surface area contributed by atoms with Gasteiger partial charge in [-0.3, -0.25) is 4.79 Å². The third-order valence-corrected chi connectivity index (χ3v) is 4.48. The van der Waals surface area contributed by atoms with Crippen LogP contribution in [0.4, 0.5) is 8.78 Å². The van der Waals surface area contributed by atoms with Gasteiger partial charge >= 0.3 is 0 Å². The average molecular weight is 347 g/mol. The molecular formula is C18H15F2NO4. The highest BCUT2D eigenvalue weighted by atomic mass is 19.1. The number of aliphatic hydroxyl groups is 1. The van der Waals surface area contributed by atoms with Crippen LogP contribution in [0.25, 0.3) is 0 Å². The summed E-state index contributed by atoms with van der Waals surface area (Å²) >= 11 is 0. The Labute approximate surface area is 142 Å². The van der Waals surface area contributed by atoms with Crippen LogP contribution in [0.3, 0.4) is 0 Å². The Morgan fingerprint density at radius 3 is 2.88 bits per heavy atom. The van der Waals surface area contributed by atoms with Crippen LogP contribution in [0.1, 0.15) is 28.4 Å². The fourth-order valence-corrected chi connectivity index (χ4v) is 3.36. The molecule has 1 fully saturated rings. The predicted molar refractivity (Wildman–Crippen MR) is 83.3 cm³/mol. The zero-order valence-corrected chi connectivity index (χ0v) is 13.1. The second-order valence-electron chi connectivity index (χ2n) is 6.07. The van der Waals surface area contributed by atoms with E-state index in [9.17, 15) is 18.7 Å². The van der Waals surface area contributed by atoms with E-state index in [2.05, 4.69) is 0 Å². The van der Waals surface area contributed by atoms with E-state index in [0.717, 1.165) is 18.2 Å². The highest BCUT2D eigenvalue weighted by Gasteiger charge is 2.38. The lowest BCUT2D eigenvalue weighted by atomic mass is 10.0.